The van der Waals surface area contributed by atoms with E-state index >= 15 is 0 Å². The van der Waals surface area contributed by atoms with Crippen LogP contribution in [-0.4, -0.2) is 40.8 Å². The molecule has 6 heteroatoms. The van der Waals surface area contributed by atoms with Crippen LogP contribution in [0.25, 0.3) is 0 Å². The average molecular weight is 331 g/mol. The van der Waals surface area contributed by atoms with Crippen LogP contribution in [0, 0.1) is 5.82 Å². The number of aryl methyl sites for hydroxylation is 2. The standard InChI is InChI=1S/C18H26FN5/c1-4-20-18(21-11-5-6-16-12-22-24(3)14-16)23(2)13-15-7-9-17(19)10-8-15/h7-10,12,14H,4-6,11,13H2,1-3H3,(H,20,21). The third-order valence-corrected chi connectivity index (χ3v) is 3.67. The lowest BCUT2D eigenvalue weighted by Gasteiger charge is -2.22. The van der Waals surface area contributed by atoms with Gasteiger partial charge in [-0.05, 0) is 43.0 Å². The summed E-state index contributed by atoms with van der Waals surface area (Å²) in [6.45, 7) is 4.31. The number of halogens is 1. The van der Waals surface area contributed by atoms with E-state index < -0.39 is 0 Å². The summed E-state index contributed by atoms with van der Waals surface area (Å²) in [5, 5.41) is 7.48. The van der Waals surface area contributed by atoms with Crippen molar-refractivity contribution in [3.63, 3.8) is 0 Å². The first-order valence-electron chi connectivity index (χ1n) is 8.30. The molecule has 130 valence electrons. The highest BCUT2D eigenvalue weighted by Crippen LogP contribution is 2.06. The fourth-order valence-electron chi connectivity index (χ4n) is 2.48. The molecular formula is C18H26FN5. The van der Waals surface area contributed by atoms with Crippen molar-refractivity contribution >= 4 is 5.96 Å². The predicted octanol–water partition coefficient (Wildman–Crippen LogP) is 2.59. The zero-order valence-electron chi connectivity index (χ0n) is 14.7. The third-order valence-electron chi connectivity index (χ3n) is 3.67. The zero-order valence-corrected chi connectivity index (χ0v) is 14.7. The molecule has 24 heavy (non-hydrogen) atoms. The molecule has 2 rings (SSSR count). The molecule has 0 amide bonds. The van der Waals surface area contributed by atoms with Gasteiger partial charge in [0.05, 0.1) is 6.20 Å². The first-order valence-corrected chi connectivity index (χ1v) is 8.30. The second-order valence-electron chi connectivity index (χ2n) is 5.84. The van der Waals surface area contributed by atoms with Crippen molar-refractivity contribution in [1.82, 2.24) is 20.0 Å². The molecule has 0 aliphatic heterocycles. The highest BCUT2D eigenvalue weighted by Gasteiger charge is 2.06. The Balaban J connectivity index is 1.87. The van der Waals surface area contributed by atoms with Gasteiger partial charge in [0.15, 0.2) is 5.96 Å². The molecule has 0 fully saturated rings. The molecule has 1 aromatic heterocycles. The zero-order chi connectivity index (χ0) is 17.4. The van der Waals surface area contributed by atoms with Gasteiger partial charge in [0.1, 0.15) is 5.82 Å². The second kappa shape index (κ2) is 9.05. The molecule has 0 aliphatic rings. The third kappa shape index (κ3) is 5.68. The van der Waals surface area contributed by atoms with E-state index in [4.69, 9.17) is 0 Å². The van der Waals surface area contributed by atoms with Crippen molar-refractivity contribution in [2.75, 3.05) is 20.1 Å². The van der Waals surface area contributed by atoms with E-state index in [2.05, 4.69) is 27.2 Å². The summed E-state index contributed by atoms with van der Waals surface area (Å²) in [5.74, 6) is 0.658. The van der Waals surface area contributed by atoms with E-state index in [-0.39, 0.29) is 5.82 Å². The Morgan fingerprint density at radius 2 is 2.04 bits per heavy atom. The molecule has 2 aromatic rings. The Morgan fingerprint density at radius 1 is 1.29 bits per heavy atom. The number of guanidine groups is 1. The minimum Gasteiger partial charge on any atom is -0.357 e. The molecular weight excluding hydrogens is 305 g/mol. The van der Waals surface area contributed by atoms with E-state index in [1.807, 2.05) is 31.2 Å². The van der Waals surface area contributed by atoms with Gasteiger partial charge in [-0.25, -0.2) is 4.39 Å². The van der Waals surface area contributed by atoms with Crippen molar-refractivity contribution in [3.8, 4) is 0 Å². The number of aromatic nitrogens is 2. The van der Waals surface area contributed by atoms with Gasteiger partial charge in [0.2, 0.25) is 0 Å². The Morgan fingerprint density at radius 3 is 2.67 bits per heavy atom. The normalized spacial score (nSPS) is 11.6. The number of hydrogen-bond acceptors (Lipinski definition) is 2. The fraction of sp³-hybridized carbons (Fsp3) is 0.444. The van der Waals surface area contributed by atoms with E-state index in [9.17, 15) is 4.39 Å². The van der Waals surface area contributed by atoms with Crippen LogP contribution < -0.4 is 5.32 Å². The predicted molar refractivity (Wildman–Crippen MR) is 95.4 cm³/mol. The van der Waals surface area contributed by atoms with Gasteiger partial charge in [0, 0.05) is 39.9 Å². The second-order valence-corrected chi connectivity index (χ2v) is 5.84. The van der Waals surface area contributed by atoms with Crippen LogP contribution in [0.3, 0.4) is 0 Å². The average Bonchev–Trinajstić information content (AvgIpc) is 2.98. The lowest BCUT2D eigenvalue weighted by atomic mass is 10.2. The molecule has 0 aliphatic carbocycles. The van der Waals surface area contributed by atoms with Crippen molar-refractivity contribution < 1.29 is 4.39 Å². The topological polar surface area (TPSA) is 45.5 Å². The molecule has 0 unspecified atom stereocenters. The number of nitrogens with zero attached hydrogens (tertiary/aromatic N) is 4. The van der Waals surface area contributed by atoms with Gasteiger partial charge in [-0.15, -0.1) is 0 Å². The molecule has 5 nitrogen and oxygen atoms in total. The fourth-order valence-corrected chi connectivity index (χ4v) is 2.48. The van der Waals surface area contributed by atoms with Crippen molar-refractivity contribution in [1.29, 1.82) is 0 Å². The molecule has 1 heterocycles. The van der Waals surface area contributed by atoms with E-state index in [0.717, 1.165) is 37.5 Å². The number of nitrogens with one attached hydrogen (secondary N) is 1. The van der Waals surface area contributed by atoms with Crippen LogP contribution >= 0.6 is 0 Å². The molecule has 0 spiro atoms. The lowest BCUT2D eigenvalue weighted by molar-refractivity contribution is 0.476. The van der Waals surface area contributed by atoms with Gasteiger partial charge in [-0.3, -0.25) is 9.67 Å². The molecule has 0 saturated heterocycles. The van der Waals surface area contributed by atoms with E-state index in [1.54, 1.807) is 12.1 Å². The number of rotatable bonds is 7. The van der Waals surface area contributed by atoms with Gasteiger partial charge in [-0.2, -0.15) is 5.10 Å². The largest absolute Gasteiger partial charge is 0.357 e. The van der Waals surface area contributed by atoms with Crippen molar-refractivity contribution in [3.05, 3.63) is 53.6 Å². The SMILES string of the molecule is CCNC(=NCCCc1cnn(C)c1)N(C)Cc1ccc(F)cc1. The molecule has 1 N–H and O–H groups in total. The number of benzene rings is 1. The smallest absolute Gasteiger partial charge is 0.193 e. The minimum atomic E-state index is -0.211. The number of hydrogen-bond donors (Lipinski definition) is 1. The highest BCUT2D eigenvalue weighted by atomic mass is 19.1. The van der Waals surface area contributed by atoms with Crippen molar-refractivity contribution in [2.24, 2.45) is 12.0 Å². The summed E-state index contributed by atoms with van der Waals surface area (Å²) >= 11 is 0. The maximum Gasteiger partial charge on any atom is 0.193 e. The molecule has 0 radical (unpaired) electrons. The molecule has 0 saturated carbocycles. The van der Waals surface area contributed by atoms with E-state index in [0.29, 0.717) is 6.54 Å². The van der Waals surface area contributed by atoms with Crippen LogP contribution in [0.1, 0.15) is 24.5 Å². The quantitative estimate of drug-likeness (QED) is 0.482. The van der Waals surface area contributed by atoms with Gasteiger partial charge in [-0.1, -0.05) is 12.1 Å². The molecule has 0 atom stereocenters. The Kier molecular flexibility index (Phi) is 6.78. The van der Waals surface area contributed by atoms with Crippen LogP contribution in [0.2, 0.25) is 0 Å². The number of aliphatic imine (C=N–C) groups is 1. The van der Waals surface area contributed by atoms with Crippen LogP contribution in [0.5, 0.6) is 0 Å². The van der Waals surface area contributed by atoms with Crippen LogP contribution in [0.4, 0.5) is 4.39 Å². The first-order chi connectivity index (χ1) is 11.6. The lowest BCUT2D eigenvalue weighted by Crippen LogP contribution is -2.38. The Bertz CT molecular complexity index is 648. The van der Waals surface area contributed by atoms with E-state index in [1.165, 1.54) is 17.7 Å². The maximum absolute atomic E-state index is 13.0. The summed E-state index contributed by atoms with van der Waals surface area (Å²) in [7, 11) is 3.92. The monoisotopic (exact) mass is 331 g/mol. The Labute approximate surface area is 143 Å². The molecule has 1 aromatic carbocycles. The molecule has 0 bridgehead atoms. The van der Waals surface area contributed by atoms with Crippen LogP contribution in [0.15, 0.2) is 41.7 Å². The highest BCUT2D eigenvalue weighted by molar-refractivity contribution is 5.79. The first kappa shape index (κ1) is 18.0. The summed E-state index contributed by atoms with van der Waals surface area (Å²) < 4.78 is 14.8. The maximum atomic E-state index is 13.0. The van der Waals surface area contributed by atoms with Gasteiger partial charge >= 0.3 is 0 Å². The van der Waals surface area contributed by atoms with Crippen molar-refractivity contribution in [2.45, 2.75) is 26.3 Å². The van der Waals surface area contributed by atoms with Gasteiger partial charge < -0.3 is 10.2 Å². The van der Waals surface area contributed by atoms with Crippen LogP contribution in [-0.2, 0) is 20.0 Å². The minimum absolute atomic E-state index is 0.211. The summed E-state index contributed by atoms with van der Waals surface area (Å²) in [5.41, 5.74) is 2.29. The van der Waals surface area contributed by atoms with Gasteiger partial charge in [0.25, 0.3) is 0 Å². The Hall–Kier alpha value is -2.37. The summed E-state index contributed by atoms with van der Waals surface area (Å²) in [6.07, 6.45) is 5.88. The summed E-state index contributed by atoms with van der Waals surface area (Å²) in [4.78, 5) is 6.74. The summed E-state index contributed by atoms with van der Waals surface area (Å²) in [6, 6.07) is 6.58.